The summed E-state index contributed by atoms with van der Waals surface area (Å²) in [6.07, 6.45) is 2.37. The predicted molar refractivity (Wildman–Crippen MR) is 68.3 cm³/mol. The molecule has 0 aromatic rings. The summed E-state index contributed by atoms with van der Waals surface area (Å²) in [4.78, 5) is 0. The number of hydrogen-bond acceptors (Lipinski definition) is 3. The molecule has 96 valence electrons. The number of nitrogens with one attached hydrogen (secondary N) is 1. The normalized spacial score (nSPS) is 21.1. The molecular formula is C12H25NO2S. The second kappa shape index (κ2) is 5.50. The first-order valence-electron chi connectivity index (χ1n) is 6.33. The Kier molecular flexibility index (Phi) is 4.80. The van der Waals surface area contributed by atoms with Crippen molar-refractivity contribution in [3.8, 4) is 0 Å². The molecular weight excluding hydrogens is 222 g/mol. The maximum absolute atomic E-state index is 12.1. The fourth-order valence-corrected chi connectivity index (χ4v) is 3.96. The fraction of sp³-hybridized carbons (Fsp3) is 1.00. The van der Waals surface area contributed by atoms with Crippen molar-refractivity contribution in [3.63, 3.8) is 0 Å². The number of hydrogen-bond donors (Lipinski definition) is 1. The summed E-state index contributed by atoms with van der Waals surface area (Å²) in [5.41, 5.74) is 0. The van der Waals surface area contributed by atoms with Gasteiger partial charge in [-0.2, -0.15) is 0 Å². The maximum Gasteiger partial charge on any atom is 0.154 e. The van der Waals surface area contributed by atoms with Crippen LogP contribution in [0.5, 0.6) is 0 Å². The van der Waals surface area contributed by atoms with E-state index < -0.39 is 9.84 Å². The molecule has 0 aromatic carbocycles. The zero-order chi connectivity index (χ0) is 12.3. The van der Waals surface area contributed by atoms with Gasteiger partial charge < -0.3 is 5.32 Å². The lowest BCUT2D eigenvalue weighted by atomic mass is 10.2. The van der Waals surface area contributed by atoms with Gasteiger partial charge in [-0.05, 0) is 38.1 Å². The molecule has 0 heterocycles. The lowest BCUT2D eigenvalue weighted by molar-refractivity contribution is 0.490. The van der Waals surface area contributed by atoms with Gasteiger partial charge in [-0.15, -0.1) is 0 Å². The maximum atomic E-state index is 12.1. The van der Waals surface area contributed by atoms with Crippen LogP contribution in [-0.4, -0.2) is 32.0 Å². The molecule has 0 aromatic heterocycles. The van der Waals surface area contributed by atoms with E-state index in [0.29, 0.717) is 11.7 Å². The quantitative estimate of drug-likeness (QED) is 0.746. The van der Waals surface area contributed by atoms with Crippen molar-refractivity contribution < 1.29 is 8.42 Å². The fourth-order valence-electron chi connectivity index (χ4n) is 1.94. The predicted octanol–water partition coefficient (Wildman–Crippen LogP) is 1.83. The van der Waals surface area contributed by atoms with Crippen molar-refractivity contribution in [2.75, 3.05) is 12.3 Å². The Morgan fingerprint density at radius 3 is 2.19 bits per heavy atom. The third-order valence-corrected chi connectivity index (χ3v) is 6.08. The molecule has 2 atom stereocenters. The van der Waals surface area contributed by atoms with Crippen molar-refractivity contribution in [1.29, 1.82) is 0 Å². The highest BCUT2D eigenvalue weighted by atomic mass is 32.2. The van der Waals surface area contributed by atoms with Crippen LogP contribution in [0.4, 0.5) is 0 Å². The summed E-state index contributed by atoms with van der Waals surface area (Å²) in [5, 5.41) is 3.09. The van der Waals surface area contributed by atoms with Crippen molar-refractivity contribution in [3.05, 3.63) is 0 Å². The van der Waals surface area contributed by atoms with E-state index in [4.69, 9.17) is 0 Å². The number of sulfone groups is 1. The van der Waals surface area contributed by atoms with Gasteiger partial charge in [0, 0.05) is 6.04 Å². The van der Waals surface area contributed by atoms with Gasteiger partial charge in [-0.25, -0.2) is 8.42 Å². The molecule has 1 fully saturated rings. The lowest BCUT2D eigenvalue weighted by Crippen LogP contribution is -2.40. The molecule has 0 bridgehead atoms. The van der Waals surface area contributed by atoms with Crippen LogP contribution in [0.25, 0.3) is 0 Å². The van der Waals surface area contributed by atoms with Crippen molar-refractivity contribution in [2.45, 2.75) is 51.8 Å². The summed E-state index contributed by atoms with van der Waals surface area (Å²) >= 11 is 0. The SMILES string of the molecule is CCNC(CS(=O)(=O)C(C)C(C)C)C1CC1. The molecule has 16 heavy (non-hydrogen) atoms. The highest BCUT2D eigenvalue weighted by molar-refractivity contribution is 7.92. The molecule has 1 aliphatic rings. The Morgan fingerprint density at radius 1 is 1.25 bits per heavy atom. The first-order valence-corrected chi connectivity index (χ1v) is 8.05. The Labute approximate surface area is 99.9 Å². The van der Waals surface area contributed by atoms with E-state index >= 15 is 0 Å². The van der Waals surface area contributed by atoms with E-state index in [-0.39, 0.29) is 17.2 Å². The highest BCUT2D eigenvalue weighted by Crippen LogP contribution is 2.33. The van der Waals surface area contributed by atoms with Gasteiger partial charge in [0.15, 0.2) is 9.84 Å². The van der Waals surface area contributed by atoms with Crippen LogP contribution in [0.15, 0.2) is 0 Å². The third-order valence-electron chi connectivity index (χ3n) is 3.57. The van der Waals surface area contributed by atoms with Gasteiger partial charge in [-0.3, -0.25) is 0 Å². The Morgan fingerprint density at radius 2 is 1.81 bits per heavy atom. The third kappa shape index (κ3) is 3.74. The van der Waals surface area contributed by atoms with E-state index in [1.807, 2.05) is 27.7 Å². The van der Waals surface area contributed by atoms with E-state index in [1.165, 1.54) is 12.8 Å². The Bertz CT molecular complexity index is 307. The summed E-state index contributed by atoms with van der Waals surface area (Å²) in [7, 11) is -2.95. The second-order valence-electron chi connectivity index (χ2n) is 5.28. The van der Waals surface area contributed by atoms with Gasteiger partial charge in [0.2, 0.25) is 0 Å². The molecule has 1 saturated carbocycles. The van der Waals surface area contributed by atoms with Crippen molar-refractivity contribution in [1.82, 2.24) is 5.32 Å². The van der Waals surface area contributed by atoms with E-state index in [0.717, 1.165) is 6.54 Å². The average Bonchev–Trinajstić information content (AvgIpc) is 2.98. The Balaban J connectivity index is 2.61. The van der Waals surface area contributed by atoms with Gasteiger partial charge in [-0.1, -0.05) is 20.8 Å². The molecule has 2 unspecified atom stereocenters. The van der Waals surface area contributed by atoms with E-state index in [9.17, 15) is 8.42 Å². The smallest absolute Gasteiger partial charge is 0.154 e. The second-order valence-corrected chi connectivity index (χ2v) is 7.68. The lowest BCUT2D eigenvalue weighted by Gasteiger charge is -2.22. The highest BCUT2D eigenvalue weighted by Gasteiger charge is 2.35. The minimum absolute atomic E-state index is 0.177. The first kappa shape index (κ1) is 14.0. The van der Waals surface area contributed by atoms with Crippen LogP contribution in [0.1, 0.15) is 40.5 Å². The van der Waals surface area contributed by atoms with Crippen LogP contribution < -0.4 is 5.32 Å². The molecule has 0 aliphatic heterocycles. The van der Waals surface area contributed by atoms with Crippen molar-refractivity contribution in [2.24, 2.45) is 11.8 Å². The van der Waals surface area contributed by atoms with Crippen LogP contribution in [0.3, 0.4) is 0 Å². The van der Waals surface area contributed by atoms with Gasteiger partial charge >= 0.3 is 0 Å². The molecule has 1 rings (SSSR count). The van der Waals surface area contributed by atoms with Crippen molar-refractivity contribution >= 4 is 9.84 Å². The molecule has 0 spiro atoms. The van der Waals surface area contributed by atoms with Crippen LogP contribution in [0.2, 0.25) is 0 Å². The average molecular weight is 247 g/mol. The molecule has 3 nitrogen and oxygen atoms in total. The molecule has 0 radical (unpaired) electrons. The van der Waals surface area contributed by atoms with Gasteiger partial charge in [0.25, 0.3) is 0 Å². The largest absolute Gasteiger partial charge is 0.313 e. The molecule has 0 saturated heterocycles. The topological polar surface area (TPSA) is 46.2 Å². The Hall–Kier alpha value is -0.0900. The molecule has 0 amide bonds. The standard InChI is InChI=1S/C12H25NO2S/c1-5-13-12(11-6-7-11)8-16(14,15)10(4)9(2)3/h9-13H,5-8H2,1-4H3. The molecule has 1 N–H and O–H groups in total. The molecule has 1 aliphatic carbocycles. The summed E-state index contributed by atoms with van der Waals surface area (Å²) < 4.78 is 24.3. The molecule has 4 heteroatoms. The van der Waals surface area contributed by atoms with Gasteiger partial charge in [0.05, 0.1) is 11.0 Å². The van der Waals surface area contributed by atoms with Gasteiger partial charge in [0.1, 0.15) is 0 Å². The first-order chi connectivity index (χ1) is 7.38. The van der Waals surface area contributed by atoms with Crippen LogP contribution in [0, 0.1) is 11.8 Å². The van der Waals surface area contributed by atoms with Crippen LogP contribution in [-0.2, 0) is 9.84 Å². The minimum atomic E-state index is -2.95. The van der Waals surface area contributed by atoms with E-state index in [1.54, 1.807) is 0 Å². The monoisotopic (exact) mass is 247 g/mol. The summed E-state index contributed by atoms with van der Waals surface area (Å²) in [6, 6.07) is 0.177. The zero-order valence-electron chi connectivity index (χ0n) is 10.9. The summed E-state index contributed by atoms with van der Waals surface area (Å²) in [6.45, 7) is 8.67. The zero-order valence-corrected chi connectivity index (χ0v) is 11.7. The summed E-state index contributed by atoms with van der Waals surface area (Å²) in [5.74, 6) is 1.10. The van der Waals surface area contributed by atoms with Crippen LogP contribution >= 0.6 is 0 Å². The number of rotatable bonds is 7. The van der Waals surface area contributed by atoms with E-state index in [2.05, 4.69) is 5.32 Å². The minimum Gasteiger partial charge on any atom is -0.313 e.